The van der Waals surface area contributed by atoms with Gasteiger partial charge in [-0.1, -0.05) is 23.7 Å². The van der Waals surface area contributed by atoms with Crippen LogP contribution in [0, 0.1) is 0 Å². The molecule has 0 atom stereocenters. The van der Waals surface area contributed by atoms with Gasteiger partial charge in [0.2, 0.25) is 0 Å². The van der Waals surface area contributed by atoms with Gasteiger partial charge in [0, 0.05) is 5.02 Å². The Bertz CT molecular complexity index is 592. The summed E-state index contributed by atoms with van der Waals surface area (Å²) in [7, 11) is 0. The standard InChI is InChI=1S/C9H7ClN4O2/c10-7-3-1-6(2-4-7)5-11-14-8(15)12-13-9(14)16/h1-5H,(H,12,15)(H,13,16)/b11-5-. The Morgan fingerprint density at radius 3 is 2.25 bits per heavy atom. The molecule has 2 N–H and O–H groups in total. The molecule has 82 valence electrons. The van der Waals surface area contributed by atoms with Crippen LogP contribution in [-0.4, -0.2) is 21.1 Å². The van der Waals surface area contributed by atoms with E-state index in [-0.39, 0.29) is 0 Å². The summed E-state index contributed by atoms with van der Waals surface area (Å²) in [6.45, 7) is 0. The molecule has 1 aromatic heterocycles. The number of hydrogen-bond acceptors (Lipinski definition) is 3. The number of hydrogen-bond donors (Lipinski definition) is 2. The van der Waals surface area contributed by atoms with Gasteiger partial charge < -0.3 is 0 Å². The summed E-state index contributed by atoms with van der Waals surface area (Å²) in [5.74, 6) is 0. The van der Waals surface area contributed by atoms with E-state index in [4.69, 9.17) is 11.6 Å². The molecule has 0 unspecified atom stereocenters. The first kappa shape index (κ1) is 10.4. The smallest absolute Gasteiger partial charge is 0.246 e. The molecule has 0 saturated heterocycles. The second-order valence-electron chi connectivity index (χ2n) is 2.97. The topological polar surface area (TPSA) is 83.0 Å². The monoisotopic (exact) mass is 238 g/mol. The van der Waals surface area contributed by atoms with Gasteiger partial charge in [0.1, 0.15) is 0 Å². The molecule has 0 aliphatic heterocycles. The zero-order valence-electron chi connectivity index (χ0n) is 7.98. The number of aromatic amines is 2. The third kappa shape index (κ3) is 2.12. The van der Waals surface area contributed by atoms with Crippen LogP contribution in [-0.2, 0) is 0 Å². The molecule has 0 spiro atoms. The first-order valence-electron chi connectivity index (χ1n) is 4.36. The largest absolute Gasteiger partial charge is 0.365 e. The molecule has 6 nitrogen and oxygen atoms in total. The molecule has 0 fully saturated rings. The normalized spacial score (nSPS) is 11.1. The number of rotatable bonds is 2. The first-order chi connectivity index (χ1) is 7.66. The SMILES string of the molecule is O=c1[nH][nH]c(=O)n1/N=C\c1ccc(Cl)cc1. The Morgan fingerprint density at radius 2 is 1.69 bits per heavy atom. The van der Waals surface area contributed by atoms with Crippen molar-refractivity contribution in [3.8, 4) is 0 Å². The Labute approximate surface area is 94.2 Å². The molecule has 1 heterocycles. The van der Waals surface area contributed by atoms with E-state index in [0.717, 1.165) is 5.56 Å². The van der Waals surface area contributed by atoms with Crippen LogP contribution >= 0.6 is 11.6 Å². The third-order valence-electron chi connectivity index (χ3n) is 1.85. The van der Waals surface area contributed by atoms with Crippen LogP contribution < -0.4 is 11.4 Å². The molecule has 0 bridgehead atoms. The third-order valence-corrected chi connectivity index (χ3v) is 2.11. The Kier molecular flexibility index (Phi) is 2.74. The van der Waals surface area contributed by atoms with Crippen molar-refractivity contribution < 1.29 is 0 Å². The van der Waals surface area contributed by atoms with Crippen molar-refractivity contribution in [1.82, 2.24) is 14.9 Å². The van der Waals surface area contributed by atoms with E-state index in [2.05, 4.69) is 15.3 Å². The van der Waals surface area contributed by atoms with Crippen LogP contribution in [0.3, 0.4) is 0 Å². The Balaban J connectivity index is 2.31. The lowest BCUT2D eigenvalue weighted by Gasteiger charge is -1.92. The van der Waals surface area contributed by atoms with E-state index < -0.39 is 11.4 Å². The molecular weight excluding hydrogens is 232 g/mol. The van der Waals surface area contributed by atoms with Crippen LogP contribution in [0.15, 0.2) is 39.0 Å². The predicted octanol–water partition coefficient (Wildman–Crippen LogP) is 0.400. The van der Waals surface area contributed by atoms with Crippen molar-refractivity contribution in [2.75, 3.05) is 0 Å². The lowest BCUT2D eigenvalue weighted by atomic mass is 10.2. The van der Waals surface area contributed by atoms with Gasteiger partial charge in [-0.25, -0.2) is 19.8 Å². The van der Waals surface area contributed by atoms with Gasteiger partial charge in [0.05, 0.1) is 6.21 Å². The fourth-order valence-corrected chi connectivity index (χ4v) is 1.21. The molecule has 0 amide bonds. The summed E-state index contributed by atoms with van der Waals surface area (Å²) in [4.78, 5) is 22.1. The minimum Gasteiger partial charge on any atom is -0.246 e. The average Bonchev–Trinajstić information content (AvgIpc) is 2.59. The number of halogens is 1. The molecule has 0 saturated carbocycles. The number of benzene rings is 1. The summed E-state index contributed by atoms with van der Waals surface area (Å²) in [6.07, 6.45) is 1.39. The molecule has 7 heteroatoms. The fourth-order valence-electron chi connectivity index (χ4n) is 1.08. The van der Waals surface area contributed by atoms with Gasteiger partial charge in [-0.05, 0) is 17.7 Å². The first-order valence-corrected chi connectivity index (χ1v) is 4.74. The van der Waals surface area contributed by atoms with E-state index in [0.29, 0.717) is 9.70 Å². The minimum absolute atomic E-state index is 0.605. The van der Waals surface area contributed by atoms with Gasteiger partial charge in [0.15, 0.2) is 0 Å². The van der Waals surface area contributed by atoms with Gasteiger partial charge in [-0.3, -0.25) is 0 Å². The lowest BCUT2D eigenvalue weighted by Crippen LogP contribution is -2.22. The summed E-state index contributed by atoms with van der Waals surface area (Å²) >= 11 is 5.70. The van der Waals surface area contributed by atoms with Crippen molar-refractivity contribution in [3.05, 3.63) is 55.8 Å². The van der Waals surface area contributed by atoms with E-state index >= 15 is 0 Å². The summed E-state index contributed by atoms with van der Waals surface area (Å²) in [6, 6.07) is 6.81. The molecule has 1 aromatic carbocycles. The zero-order chi connectivity index (χ0) is 11.5. The number of aromatic nitrogens is 3. The summed E-state index contributed by atoms with van der Waals surface area (Å²) < 4.78 is 0.689. The van der Waals surface area contributed by atoms with Crippen LogP contribution in [0.4, 0.5) is 0 Å². The highest BCUT2D eigenvalue weighted by Gasteiger charge is 1.98. The lowest BCUT2D eigenvalue weighted by molar-refractivity contribution is 0.801. The van der Waals surface area contributed by atoms with Crippen LogP contribution in [0.5, 0.6) is 0 Å². The number of nitrogens with zero attached hydrogens (tertiary/aromatic N) is 2. The van der Waals surface area contributed by atoms with Crippen molar-refractivity contribution in [2.24, 2.45) is 5.10 Å². The predicted molar refractivity (Wildman–Crippen MR) is 60.1 cm³/mol. The average molecular weight is 239 g/mol. The molecule has 0 radical (unpaired) electrons. The maximum atomic E-state index is 11.1. The molecule has 0 aliphatic carbocycles. The van der Waals surface area contributed by atoms with E-state index in [9.17, 15) is 9.59 Å². The number of H-pyrrole nitrogens is 2. The molecule has 2 aromatic rings. The second kappa shape index (κ2) is 4.19. The minimum atomic E-state index is -0.616. The summed E-state index contributed by atoms with van der Waals surface area (Å²) in [5, 5.41) is 8.57. The van der Waals surface area contributed by atoms with Crippen molar-refractivity contribution in [3.63, 3.8) is 0 Å². The van der Waals surface area contributed by atoms with Crippen LogP contribution in [0.2, 0.25) is 5.02 Å². The van der Waals surface area contributed by atoms with Crippen molar-refractivity contribution in [2.45, 2.75) is 0 Å². The Hall–Kier alpha value is -2.08. The molecular formula is C9H7ClN4O2. The second-order valence-corrected chi connectivity index (χ2v) is 3.40. The van der Waals surface area contributed by atoms with Crippen LogP contribution in [0.1, 0.15) is 5.56 Å². The highest BCUT2D eigenvalue weighted by Crippen LogP contribution is 2.07. The van der Waals surface area contributed by atoms with Gasteiger partial charge in [0.25, 0.3) is 0 Å². The van der Waals surface area contributed by atoms with Crippen molar-refractivity contribution >= 4 is 17.8 Å². The maximum Gasteiger partial charge on any atom is 0.365 e. The summed E-state index contributed by atoms with van der Waals surface area (Å²) in [5.41, 5.74) is -0.498. The van der Waals surface area contributed by atoms with Gasteiger partial charge in [-0.15, -0.1) is 4.68 Å². The highest BCUT2D eigenvalue weighted by atomic mass is 35.5. The molecule has 16 heavy (non-hydrogen) atoms. The van der Waals surface area contributed by atoms with Gasteiger partial charge in [-0.2, -0.15) is 5.10 Å². The Morgan fingerprint density at radius 1 is 1.12 bits per heavy atom. The van der Waals surface area contributed by atoms with E-state index in [1.807, 2.05) is 0 Å². The van der Waals surface area contributed by atoms with Crippen molar-refractivity contribution in [1.29, 1.82) is 0 Å². The van der Waals surface area contributed by atoms with Gasteiger partial charge >= 0.3 is 11.4 Å². The van der Waals surface area contributed by atoms with E-state index in [1.165, 1.54) is 6.21 Å². The van der Waals surface area contributed by atoms with E-state index in [1.54, 1.807) is 24.3 Å². The molecule has 0 aliphatic rings. The fraction of sp³-hybridized carbons (Fsp3) is 0. The zero-order valence-corrected chi connectivity index (χ0v) is 8.73. The number of nitrogens with one attached hydrogen (secondary N) is 2. The highest BCUT2D eigenvalue weighted by molar-refractivity contribution is 6.30. The maximum absolute atomic E-state index is 11.1. The van der Waals surface area contributed by atoms with Crippen LogP contribution in [0.25, 0.3) is 0 Å². The molecule has 2 rings (SSSR count). The quantitative estimate of drug-likeness (QED) is 0.743.